The first kappa shape index (κ1) is 25.6. The average Bonchev–Trinajstić information content (AvgIpc) is 2.75. The molecule has 0 spiro atoms. The average molecular weight is 464 g/mol. The summed E-state index contributed by atoms with van der Waals surface area (Å²) >= 11 is 5.39. The van der Waals surface area contributed by atoms with Crippen LogP contribution in [0.5, 0.6) is 5.75 Å². The van der Waals surface area contributed by atoms with Gasteiger partial charge >= 0.3 is 5.97 Å². The quantitative estimate of drug-likeness (QED) is 0.429. The zero-order valence-corrected chi connectivity index (χ0v) is 20.0. The molecule has 1 fully saturated rings. The second-order valence-corrected chi connectivity index (χ2v) is 8.61. The minimum Gasteiger partial charge on any atom is -0.494 e. The van der Waals surface area contributed by atoms with Crippen LogP contribution >= 0.6 is 12.2 Å². The number of carbonyl (C=O) groups excluding carboxylic acids is 3. The fourth-order valence-corrected chi connectivity index (χ4v) is 3.34. The number of hydrogen-bond acceptors (Lipinski definition) is 6. The molecule has 2 amide bonds. The predicted octanol–water partition coefficient (Wildman–Crippen LogP) is 2.66. The van der Waals surface area contributed by atoms with Crippen molar-refractivity contribution in [3.05, 3.63) is 29.8 Å². The number of rotatable bonds is 9. The van der Waals surface area contributed by atoms with Crippen molar-refractivity contribution in [2.24, 2.45) is 5.92 Å². The Morgan fingerprint density at radius 1 is 1.25 bits per heavy atom. The smallest absolute Gasteiger partial charge is 0.308 e. The summed E-state index contributed by atoms with van der Waals surface area (Å²) in [6.07, 6.45) is 1.26. The van der Waals surface area contributed by atoms with Crippen molar-refractivity contribution < 1.29 is 23.9 Å². The third-order valence-corrected chi connectivity index (χ3v) is 5.50. The third kappa shape index (κ3) is 7.78. The Morgan fingerprint density at radius 3 is 2.56 bits per heavy atom. The summed E-state index contributed by atoms with van der Waals surface area (Å²) in [6.45, 7) is 9.33. The van der Waals surface area contributed by atoms with Crippen LogP contribution in [0.2, 0.25) is 0 Å². The van der Waals surface area contributed by atoms with Crippen molar-refractivity contribution in [1.82, 2.24) is 15.5 Å². The minimum atomic E-state index is -0.829. The molecule has 2 rings (SSSR count). The van der Waals surface area contributed by atoms with Crippen LogP contribution in [0.3, 0.4) is 0 Å². The first-order chi connectivity index (χ1) is 15.2. The van der Waals surface area contributed by atoms with Gasteiger partial charge in [-0.15, -0.1) is 0 Å². The normalized spacial score (nSPS) is 16.8. The molecule has 2 atom stereocenters. The molecule has 8 nitrogen and oxygen atoms in total. The zero-order valence-electron chi connectivity index (χ0n) is 19.2. The van der Waals surface area contributed by atoms with E-state index in [1.807, 2.05) is 6.92 Å². The summed E-state index contributed by atoms with van der Waals surface area (Å²) in [5, 5.41) is 5.49. The standard InChI is InChI=1S/C23H33N3O5S/c1-5-16(4)31-20(27)14-19-22(29)24-11-12-26(19)23(32)25-21(28)17-6-8-18(9-7-17)30-13-10-15(2)3/h6-9,15-16,19H,5,10-14H2,1-4H3,(H,24,29)(H,25,28,32). The summed E-state index contributed by atoms with van der Waals surface area (Å²) in [5.74, 6) is 0.0529. The van der Waals surface area contributed by atoms with Gasteiger partial charge in [0, 0.05) is 18.7 Å². The molecule has 0 saturated carbocycles. The third-order valence-electron chi connectivity index (χ3n) is 5.16. The highest BCUT2D eigenvalue weighted by Crippen LogP contribution is 2.15. The summed E-state index contributed by atoms with van der Waals surface area (Å²) in [5.41, 5.74) is 0.415. The summed E-state index contributed by atoms with van der Waals surface area (Å²) in [7, 11) is 0. The Hall–Kier alpha value is -2.68. The molecule has 0 aliphatic carbocycles. The van der Waals surface area contributed by atoms with E-state index in [9.17, 15) is 14.4 Å². The van der Waals surface area contributed by atoms with Gasteiger partial charge in [-0.25, -0.2) is 0 Å². The summed E-state index contributed by atoms with van der Waals surface area (Å²) in [6, 6.07) is 5.96. The molecule has 176 valence electrons. The number of ether oxygens (including phenoxy) is 2. The van der Waals surface area contributed by atoms with E-state index >= 15 is 0 Å². The molecular weight excluding hydrogens is 430 g/mol. The number of hydrogen-bond donors (Lipinski definition) is 2. The zero-order chi connectivity index (χ0) is 23.7. The molecule has 1 heterocycles. The Labute approximate surface area is 195 Å². The number of benzene rings is 1. The molecule has 1 saturated heterocycles. The number of piperazine rings is 1. The second-order valence-electron chi connectivity index (χ2n) is 8.23. The molecule has 2 unspecified atom stereocenters. The van der Waals surface area contributed by atoms with Crippen LogP contribution < -0.4 is 15.4 Å². The lowest BCUT2D eigenvalue weighted by molar-refractivity contribution is -0.151. The van der Waals surface area contributed by atoms with Gasteiger partial charge in [-0.05, 0) is 62.2 Å². The van der Waals surface area contributed by atoms with Gasteiger partial charge in [0.05, 0.1) is 19.1 Å². The lowest BCUT2D eigenvalue weighted by Crippen LogP contribution is -2.60. The first-order valence-electron chi connectivity index (χ1n) is 11.0. The SMILES string of the molecule is CCC(C)OC(=O)CC1C(=O)NCCN1C(=S)NC(=O)c1ccc(OCCC(C)C)cc1. The number of thiocarbonyl (C=S) groups is 1. The maximum absolute atomic E-state index is 12.6. The van der Waals surface area contributed by atoms with E-state index in [2.05, 4.69) is 24.5 Å². The number of carbonyl (C=O) groups is 3. The molecule has 1 aromatic rings. The van der Waals surface area contributed by atoms with E-state index in [0.717, 1.165) is 6.42 Å². The largest absolute Gasteiger partial charge is 0.494 e. The van der Waals surface area contributed by atoms with E-state index in [4.69, 9.17) is 21.7 Å². The van der Waals surface area contributed by atoms with E-state index in [-0.39, 0.29) is 23.5 Å². The minimum absolute atomic E-state index is 0.100. The Balaban J connectivity index is 1.97. The monoisotopic (exact) mass is 463 g/mol. The van der Waals surface area contributed by atoms with E-state index in [0.29, 0.717) is 43.3 Å². The molecule has 0 bridgehead atoms. The van der Waals surface area contributed by atoms with Gasteiger partial charge in [0.2, 0.25) is 5.91 Å². The Morgan fingerprint density at radius 2 is 1.94 bits per heavy atom. The highest BCUT2D eigenvalue weighted by atomic mass is 32.1. The maximum atomic E-state index is 12.6. The fraction of sp³-hybridized carbons (Fsp3) is 0.565. The van der Waals surface area contributed by atoms with Gasteiger partial charge in [-0.2, -0.15) is 0 Å². The molecule has 2 N–H and O–H groups in total. The van der Waals surface area contributed by atoms with Crippen LogP contribution in [0.25, 0.3) is 0 Å². The Bertz CT molecular complexity index is 812. The fourth-order valence-electron chi connectivity index (χ4n) is 3.03. The van der Waals surface area contributed by atoms with Crippen LogP contribution in [0.1, 0.15) is 57.3 Å². The van der Waals surface area contributed by atoms with Crippen molar-refractivity contribution in [3.63, 3.8) is 0 Å². The molecule has 32 heavy (non-hydrogen) atoms. The topological polar surface area (TPSA) is 97.0 Å². The van der Waals surface area contributed by atoms with Crippen molar-refractivity contribution in [3.8, 4) is 5.75 Å². The van der Waals surface area contributed by atoms with Crippen LogP contribution in [-0.2, 0) is 14.3 Å². The van der Waals surface area contributed by atoms with Crippen molar-refractivity contribution >= 4 is 35.1 Å². The van der Waals surface area contributed by atoms with Gasteiger partial charge in [-0.3, -0.25) is 19.7 Å². The molecular formula is C23H33N3O5S. The second kappa shape index (κ2) is 12.4. The molecule has 0 aromatic heterocycles. The lowest BCUT2D eigenvalue weighted by Gasteiger charge is -2.36. The Kier molecular flexibility index (Phi) is 9.90. The molecule has 1 aromatic carbocycles. The van der Waals surface area contributed by atoms with E-state index in [1.165, 1.54) is 0 Å². The van der Waals surface area contributed by atoms with Crippen molar-refractivity contribution in [1.29, 1.82) is 0 Å². The first-order valence-corrected chi connectivity index (χ1v) is 11.4. The van der Waals surface area contributed by atoms with E-state index in [1.54, 1.807) is 36.1 Å². The summed E-state index contributed by atoms with van der Waals surface area (Å²) < 4.78 is 11.0. The maximum Gasteiger partial charge on any atom is 0.308 e. The van der Waals surface area contributed by atoms with Crippen molar-refractivity contribution in [2.45, 2.75) is 59.1 Å². The summed E-state index contributed by atoms with van der Waals surface area (Å²) in [4.78, 5) is 38.8. The van der Waals surface area contributed by atoms with Crippen molar-refractivity contribution in [2.75, 3.05) is 19.7 Å². The van der Waals surface area contributed by atoms with Crippen LogP contribution in [0.4, 0.5) is 0 Å². The van der Waals surface area contributed by atoms with Crippen LogP contribution in [-0.4, -0.2) is 59.6 Å². The predicted molar refractivity (Wildman–Crippen MR) is 125 cm³/mol. The van der Waals surface area contributed by atoms with Crippen LogP contribution in [0, 0.1) is 5.92 Å². The van der Waals surface area contributed by atoms with Gasteiger partial charge in [0.25, 0.3) is 5.91 Å². The van der Waals surface area contributed by atoms with Gasteiger partial charge in [0.1, 0.15) is 11.8 Å². The number of nitrogens with one attached hydrogen (secondary N) is 2. The molecule has 0 radical (unpaired) electrons. The molecule has 9 heteroatoms. The molecule has 1 aliphatic heterocycles. The highest BCUT2D eigenvalue weighted by molar-refractivity contribution is 7.80. The van der Waals surface area contributed by atoms with Gasteiger partial charge in [-0.1, -0.05) is 20.8 Å². The number of nitrogens with zero attached hydrogens (tertiary/aromatic N) is 1. The lowest BCUT2D eigenvalue weighted by atomic mass is 10.1. The highest BCUT2D eigenvalue weighted by Gasteiger charge is 2.34. The number of esters is 1. The molecule has 1 aliphatic rings. The van der Waals surface area contributed by atoms with Gasteiger partial charge < -0.3 is 19.7 Å². The van der Waals surface area contributed by atoms with Gasteiger partial charge in [0.15, 0.2) is 5.11 Å². The number of amides is 2. The van der Waals surface area contributed by atoms with E-state index < -0.39 is 17.9 Å². The van der Waals surface area contributed by atoms with Crippen LogP contribution in [0.15, 0.2) is 24.3 Å².